The first-order chi connectivity index (χ1) is 10.5. The Bertz CT molecular complexity index is 616. The zero-order valence-electron chi connectivity index (χ0n) is 13.2. The lowest BCUT2D eigenvalue weighted by atomic mass is 10.2. The average molecular weight is 362 g/mol. The second-order valence-corrected chi connectivity index (χ2v) is 7.45. The Hall–Kier alpha value is -1.15. The highest BCUT2D eigenvalue weighted by Crippen LogP contribution is 2.14. The van der Waals surface area contributed by atoms with Gasteiger partial charge in [-0.3, -0.25) is 4.79 Å². The van der Waals surface area contributed by atoms with Gasteiger partial charge < -0.3 is 15.5 Å². The highest BCUT2D eigenvalue weighted by molar-refractivity contribution is 7.90. The SMILES string of the molecule is CS(=O)(=O)c1ccccc1C(=O)NCCCN1CCNCC1.Cl. The highest BCUT2D eigenvalue weighted by Gasteiger charge is 2.17. The predicted molar refractivity (Wildman–Crippen MR) is 93.1 cm³/mol. The molecule has 1 fully saturated rings. The molecule has 1 aliphatic heterocycles. The monoisotopic (exact) mass is 361 g/mol. The van der Waals surface area contributed by atoms with Gasteiger partial charge in [0, 0.05) is 39.0 Å². The third-order valence-corrected chi connectivity index (χ3v) is 4.83. The Balaban J connectivity index is 0.00000264. The van der Waals surface area contributed by atoms with Crippen molar-refractivity contribution < 1.29 is 13.2 Å². The van der Waals surface area contributed by atoms with Crippen molar-refractivity contribution in [3.8, 4) is 0 Å². The maximum atomic E-state index is 12.2. The van der Waals surface area contributed by atoms with Crippen LogP contribution in [0.2, 0.25) is 0 Å². The van der Waals surface area contributed by atoms with Crippen LogP contribution >= 0.6 is 12.4 Å². The molecule has 0 aliphatic carbocycles. The van der Waals surface area contributed by atoms with Crippen LogP contribution in [0.4, 0.5) is 0 Å². The van der Waals surface area contributed by atoms with Crippen LogP contribution in [-0.4, -0.2) is 64.7 Å². The van der Waals surface area contributed by atoms with E-state index in [1.165, 1.54) is 6.07 Å². The predicted octanol–water partition coefficient (Wildman–Crippen LogP) is 0.537. The first-order valence-corrected chi connectivity index (χ1v) is 9.38. The van der Waals surface area contributed by atoms with E-state index in [9.17, 15) is 13.2 Å². The third-order valence-electron chi connectivity index (χ3n) is 3.68. The van der Waals surface area contributed by atoms with Gasteiger partial charge in [-0.05, 0) is 25.1 Å². The molecule has 0 saturated carbocycles. The Morgan fingerprint density at radius 3 is 2.57 bits per heavy atom. The average Bonchev–Trinajstić information content (AvgIpc) is 2.51. The quantitative estimate of drug-likeness (QED) is 0.723. The van der Waals surface area contributed by atoms with Crippen molar-refractivity contribution in [3.05, 3.63) is 29.8 Å². The topological polar surface area (TPSA) is 78.5 Å². The molecule has 2 N–H and O–H groups in total. The first kappa shape index (κ1) is 19.9. The van der Waals surface area contributed by atoms with E-state index in [1.54, 1.807) is 18.2 Å². The van der Waals surface area contributed by atoms with Crippen LogP contribution in [0, 0.1) is 0 Å². The van der Waals surface area contributed by atoms with Gasteiger partial charge in [0.15, 0.2) is 9.84 Å². The smallest absolute Gasteiger partial charge is 0.252 e. The summed E-state index contributed by atoms with van der Waals surface area (Å²) in [6, 6.07) is 6.30. The lowest BCUT2D eigenvalue weighted by Gasteiger charge is -2.27. The summed E-state index contributed by atoms with van der Waals surface area (Å²) in [6.45, 7) is 5.56. The first-order valence-electron chi connectivity index (χ1n) is 7.49. The molecule has 0 aromatic heterocycles. The number of nitrogens with zero attached hydrogens (tertiary/aromatic N) is 1. The van der Waals surface area contributed by atoms with Crippen LogP contribution in [0.3, 0.4) is 0 Å². The molecule has 1 aromatic carbocycles. The number of piperazine rings is 1. The molecule has 6 nitrogen and oxygen atoms in total. The summed E-state index contributed by atoms with van der Waals surface area (Å²) in [6.07, 6.45) is 1.97. The van der Waals surface area contributed by atoms with E-state index in [2.05, 4.69) is 15.5 Å². The largest absolute Gasteiger partial charge is 0.352 e. The van der Waals surface area contributed by atoms with Crippen molar-refractivity contribution in [1.82, 2.24) is 15.5 Å². The van der Waals surface area contributed by atoms with Gasteiger partial charge in [0.1, 0.15) is 0 Å². The summed E-state index contributed by atoms with van der Waals surface area (Å²) in [7, 11) is -3.40. The summed E-state index contributed by atoms with van der Waals surface area (Å²) in [5.74, 6) is -0.332. The molecule has 0 atom stereocenters. The number of nitrogens with one attached hydrogen (secondary N) is 2. The number of hydrogen-bond acceptors (Lipinski definition) is 5. The number of rotatable bonds is 6. The van der Waals surface area contributed by atoms with E-state index in [0.29, 0.717) is 6.54 Å². The maximum Gasteiger partial charge on any atom is 0.252 e. The standard InChI is InChI=1S/C15H23N3O3S.ClH/c1-22(20,21)14-6-3-2-5-13(14)15(19)17-7-4-10-18-11-8-16-9-12-18;/h2-3,5-6,16H,4,7-12H2,1H3,(H,17,19);1H. The number of hydrogen-bond donors (Lipinski definition) is 2. The molecule has 8 heteroatoms. The molecule has 0 spiro atoms. The van der Waals surface area contributed by atoms with Crippen molar-refractivity contribution in [3.63, 3.8) is 0 Å². The molecule has 0 bridgehead atoms. The van der Waals surface area contributed by atoms with Gasteiger partial charge in [0.2, 0.25) is 0 Å². The highest BCUT2D eigenvalue weighted by atomic mass is 35.5. The van der Waals surface area contributed by atoms with Crippen LogP contribution in [0.25, 0.3) is 0 Å². The second kappa shape index (κ2) is 9.22. The maximum absolute atomic E-state index is 12.2. The van der Waals surface area contributed by atoms with E-state index in [4.69, 9.17) is 0 Å². The fraction of sp³-hybridized carbons (Fsp3) is 0.533. The molecule has 1 aliphatic rings. The van der Waals surface area contributed by atoms with Gasteiger partial charge >= 0.3 is 0 Å². The zero-order valence-corrected chi connectivity index (χ0v) is 14.9. The molecule has 2 rings (SSSR count). The third kappa shape index (κ3) is 6.10. The summed E-state index contributed by atoms with van der Waals surface area (Å²) >= 11 is 0. The van der Waals surface area contributed by atoms with E-state index in [1.807, 2.05) is 0 Å². The van der Waals surface area contributed by atoms with Crippen LogP contribution in [0.1, 0.15) is 16.8 Å². The van der Waals surface area contributed by atoms with E-state index in [-0.39, 0.29) is 28.8 Å². The van der Waals surface area contributed by atoms with E-state index >= 15 is 0 Å². The summed E-state index contributed by atoms with van der Waals surface area (Å²) in [5.41, 5.74) is 0.215. The van der Waals surface area contributed by atoms with Gasteiger partial charge in [-0.1, -0.05) is 12.1 Å². The second-order valence-electron chi connectivity index (χ2n) is 5.47. The molecule has 23 heavy (non-hydrogen) atoms. The normalized spacial score (nSPS) is 15.7. The minimum Gasteiger partial charge on any atom is -0.352 e. The van der Waals surface area contributed by atoms with Crippen molar-refractivity contribution in [2.24, 2.45) is 0 Å². The fourth-order valence-electron chi connectivity index (χ4n) is 2.51. The number of carbonyl (C=O) groups is 1. The van der Waals surface area contributed by atoms with E-state index in [0.717, 1.165) is 45.4 Å². The molecular formula is C15H24ClN3O3S. The van der Waals surface area contributed by atoms with Gasteiger partial charge in [-0.2, -0.15) is 0 Å². The summed E-state index contributed by atoms with van der Waals surface area (Å²) < 4.78 is 23.4. The van der Waals surface area contributed by atoms with Crippen LogP contribution in [0.5, 0.6) is 0 Å². The summed E-state index contributed by atoms with van der Waals surface area (Å²) in [4.78, 5) is 14.6. The lowest BCUT2D eigenvalue weighted by Crippen LogP contribution is -2.44. The fourth-order valence-corrected chi connectivity index (χ4v) is 3.40. The Labute approximate surface area is 144 Å². The number of halogens is 1. The van der Waals surface area contributed by atoms with Crippen LogP contribution in [0.15, 0.2) is 29.2 Å². The molecule has 0 radical (unpaired) electrons. The van der Waals surface area contributed by atoms with Gasteiger partial charge in [0.05, 0.1) is 10.5 Å². The van der Waals surface area contributed by atoms with E-state index < -0.39 is 9.84 Å². The van der Waals surface area contributed by atoms with Crippen molar-refractivity contribution in [2.45, 2.75) is 11.3 Å². The van der Waals surface area contributed by atoms with Crippen molar-refractivity contribution in [1.29, 1.82) is 0 Å². The van der Waals surface area contributed by atoms with Crippen LogP contribution in [-0.2, 0) is 9.84 Å². The van der Waals surface area contributed by atoms with Crippen LogP contribution < -0.4 is 10.6 Å². The summed E-state index contributed by atoms with van der Waals surface area (Å²) in [5, 5.41) is 6.10. The lowest BCUT2D eigenvalue weighted by molar-refractivity contribution is 0.0948. The van der Waals surface area contributed by atoms with Crippen molar-refractivity contribution >= 4 is 28.2 Å². The molecule has 0 unspecified atom stereocenters. The Kier molecular flexibility index (Phi) is 7.98. The number of amides is 1. The minimum atomic E-state index is -3.40. The van der Waals surface area contributed by atoms with Gasteiger partial charge in [0.25, 0.3) is 5.91 Å². The minimum absolute atomic E-state index is 0. The Morgan fingerprint density at radius 1 is 1.26 bits per heavy atom. The Morgan fingerprint density at radius 2 is 1.91 bits per heavy atom. The number of carbonyl (C=O) groups excluding carboxylic acids is 1. The van der Waals surface area contributed by atoms with Gasteiger partial charge in [-0.15, -0.1) is 12.4 Å². The molecule has 1 amide bonds. The molecule has 1 aromatic rings. The number of sulfone groups is 1. The number of benzene rings is 1. The van der Waals surface area contributed by atoms with Gasteiger partial charge in [-0.25, -0.2) is 8.42 Å². The molecule has 1 heterocycles. The molecule has 130 valence electrons. The molecule has 1 saturated heterocycles. The zero-order chi connectivity index (χ0) is 16.0. The van der Waals surface area contributed by atoms with Crippen molar-refractivity contribution in [2.75, 3.05) is 45.5 Å². The molecular weight excluding hydrogens is 338 g/mol.